The molecular formula is C27H31N3O2. The lowest BCUT2D eigenvalue weighted by Crippen LogP contribution is -2.45. The van der Waals surface area contributed by atoms with Gasteiger partial charge in [-0.25, -0.2) is 0 Å². The molecule has 1 amide bonds. The number of carbonyl (C=O) groups excluding carboxylic acids is 1. The van der Waals surface area contributed by atoms with E-state index in [4.69, 9.17) is 0 Å². The zero-order valence-electron chi connectivity index (χ0n) is 18.6. The average Bonchev–Trinajstić information content (AvgIpc) is 3.05. The van der Waals surface area contributed by atoms with Gasteiger partial charge in [-0.15, -0.1) is 0 Å². The fourth-order valence-electron chi connectivity index (χ4n) is 6.48. The van der Waals surface area contributed by atoms with E-state index in [-0.39, 0.29) is 17.9 Å². The number of allylic oxidation sites excluding steroid dienone is 3. The molecular weight excluding hydrogens is 398 g/mol. The van der Waals surface area contributed by atoms with E-state index in [1.807, 2.05) is 12.1 Å². The number of aliphatic hydroxyl groups is 1. The van der Waals surface area contributed by atoms with Crippen LogP contribution in [0.1, 0.15) is 74.0 Å². The molecule has 2 aliphatic carbocycles. The van der Waals surface area contributed by atoms with E-state index in [1.165, 1.54) is 11.1 Å². The number of nitrogens with zero attached hydrogens (tertiary/aromatic N) is 2. The van der Waals surface area contributed by atoms with E-state index >= 15 is 0 Å². The zero-order valence-corrected chi connectivity index (χ0v) is 18.6. The minimum atomic E-state index is -0.0260. The van der Waals surface area contributed by atoms with Crippen LogP contribution in [0.5, 0.6) is 0 Å². The number of nitriles is 1. The van der Waals surface area contributed by atoms with Crippen LogP contribution in [0.4, 0.5) is 0 Å². The Morgan fingerprint density at radius 2 is 1.97 bits per heavy atom. The van der Waals surface area contributed by atoms with Crippen LogP contribution in [0, 0.1) is 11.3 Å². The molecule has 1 atom stereocenters. The second-order valence-corrected chi connectivity index (χ2v) is 9.74. The SMILES string of the molecule is C=C1C=C(N2CCC3(CC2)CC(CCO)c2cccc(C#N)c23)NC(=O)C2=C1CCCC2. The lowest BCUT2D eigenvalue weighted by molar-refractivity contribution is -0.117. The molecule has 32 heavy (non-hydrogen) atoms. The van der Waals surface area contributed by atoms with Crippen LogP contribution in [0.15, 0.2) is 53.4 Å². The van der Waals surface area contributed by atoms with Gasteiger partial charge in [0.25, 0.3) is 5.91 Å². The topological polar surface area (TPSA) is 76.4 Å². The maximum Gasteiger partial charge on any atom is 0.252 e. The molecule has 2 aliphatic heterocycles. The summed E-state index contributed by atoms with van der Waals surface area (Å²) in [6.45, 7) is 6.10. The number of rotatable bonds is 3. The Morgan fingerprint density at radius 1 is 1.22 bits per heavy atom. The van der Waals surface area contributed by atoms with Crippen molar-refractivity contribution in [2.45, 2.75) is 62.7 Å². The third-order valence-corrected chi connectivity index (χ3v) is 8.05. The lowest BCUT2D eigenvalue weighted by Gasteiger charge is -2.42. The predicted molar refractivity (Wildman–Crippen MR) is 124 cm³/mol. The molecule has 5 heteroatoms. The van der Waals surface area contributed by atoms with Gasteiger partial charge < -0.3 is 15.3 Å². The summed E-state index contributed by atoms with van der Waals surface area (Å²) in [5, 5.41) is 22.6. The van der Waals surface area contributed by atoms with Crippen LogP contribution in [-0.4, -0.2) is 35.6 Å². The quantitative estimate of drug-likeness (QED) is 0.756. The molecule has 1 spiro atoms. The standard InChI is InChI=1S/C27H31N3O2/c1-18-15-24(29-26(32)23-7-3-2-6-21(18)23)30-12-10-27(11-13-30)16-19(9-14-31)22-8-4-5-20(17-28)25(22)27/h4-5,8,15,19,31H,1-3,6-7,9-14,16H2,(H,29,32). The molecule has 2 heterocycles. The van der Waals surface area contributed by atoms with Gasteiger partial charge in [0.2, 0.25) is 0 Å². The van der Waals surface area contributed by atoms with Crippen LogP contribution in [0.3, 0.4) is 0 Å². The summed E-state index contributed by atoms with van der Waals surface area (Å²) < 4.78 is 0. The summed E-state index contributed by atoms with van der Waals surface area (Å²) in [7, 11) is 0. The molecule has 1 saturated heterocycles. The van der Waals surface area contributed by atoms with Gasteiger partial charge in [-0.3, -0.25) is 4.79 Å². The number of fused-ring (bicyclic) bond motifs is 2. The number of amides is 1. The summed E-state index contributed by atoms with van der Waals surface area (Å²) >= 11 is 0. The minimum Gasteiger partial charge on any atom is -0.396 e. The summed E-state index contributed by atoms with van der Waals surface area (Å²) in [6.07, 6.45) is 9.63. The van der Waals surface area contributed by atoms with Gasteiger partial charge in [-0.05, 0) is 91.7 Å². The zero-order chi connectivity index (χ0) is 22.3. The highest BCUT2D eigenvalue weighted by Gasteiger charge is 2.47. The van der Waals surface area contributed by atoms with Gasteiger partial charge in [0, 0.05) is 30.7 Å². The van der Waals surface area contributed by atoms with Gasteiger partial charge in [-0.2, -0.15) is 5.26 Å². The van der Waals surface area contributed by atoms with Crippen LogP contribution < -0.4 is 5.32 Å². The summed E-state index contributed by atoms with van der Waals surface area (Å²) in [5.74, 6) is 1.20. The normalized spacial score (nSPS) is 24.4. The Bertz CT molecular complexity index is 1070. The van der Waals surface area contributed by atoms with Crippen molar-refractivity contribution in [2.24, 2.45) is 0 Å². The third-order valence-electron chi connectivity index (χ3n) is 8.05. The van der Waals surface area contributed by atoms with E-state index in [2.05, 4.69) is 35.0 Å². The number of aliphatic hydroxyl groups excluding tert-OH is 1. The Balaban J connectivity index is 1.39. The summed E-state index contributed by atoms with van der Waals surface area (Å²) in [6, 6.07) is 8.48. The second kappa shape index (κ2) is 8.26. The average molecular weight is 430 g/mol. The van der Waals surface area contributed by atoms with E-state index in [1.54, 1.807) is 0 Å². The first-order chi connectivity index (χ1) is 15.6. The fraction of sp³-hybridized carbons (Fsp3) is 0.481. The number of carbonyl (C=O) groups is 1. The molecule has 4 aliphatic rings. The first kappa shape index (κ1) is 21.0. The largest absolute Gasteiger partial charge is 0.396 e. The molecule has 0 saturated carbocycles. The highest BCUT2D eigenvalue weighted by Crippen LogP contribution is 2.54. The first-order valence-corrected chi connectivity index (χ1v) is 11.9. The second-order valence-electron chi connectivity index (χ2n) is 9.74. The first-order valence-electron chi connectivity index (χ1n) is 11.9. The Hall–Kier alpha value is -2.84. The van der Waals surface area contributed by atoms with Gasteiger partial charge in [0.1, 0.15) is 5.82 Å². The van der Waals surface area contributed by atoms with Crippen molar-refractivity contribution in [2.75, 3.05) is 19.7 Å². The minimum absolute atomic E-state index is 0.0260. The molecule has 1 aromatic rings. The number of piperidine rings is 1. The third kappa shape index (κ3) is 3.38. The lowest BCUT2D eigenvalue weighted by atomic mass is 9.72. The number of nitrogens with one attached hydrogen (secondary N) is 1. The predicted octanol–water partition coefficient (Wildman–Crippen LogP) is 4.16. The van der Waals surface area contributed by atoms with Gasteiger partial charge in [0.05, 0.1) is 11.6 Å². The van der Waals surface area contributed by atoms with Crippen LogP contribution >= 0.6 is 0 Å². The summed E-state index contributed by atoms with van der Waals surface area (Å²) in [5.41, 5.74) is 6.23. The smallest absolute Gasteiger partial charge is 0.252 e. The van der Waals surface area contributed by atoms with Crippen LogP contribution in [0.25, 0.3) is 0 Å². The van der Waals surface area contributed by atoms with Crippen molar-refractivity contribution < 1.29 is 9.90 Å². The molecule has 0 bridgehead atoms. The highest BCUT2D eigenvalue weighted by molar-refractivity contribution is 5.97. The Morgan fingerprint density at radius 3 is 2.69 bits per heavy atom. The van der Waals surface area contributed by atoms with Crippen molar-refractivity contribution in [3.05, 3.63) is 70.1 Å². The Labute approximate surface area is 190 Å². The van der Waals surface area contributed by atoms with Crippen molar-refractivity contribution >= 4 is 5.91 Å². The van der Waals surface area contributed by atoms with Gasteiger partial charge in [0.15, 0.2) is 0 Å². The Kier molecular flexibility index (Phi) is 5.43. The number of benzene rings is 1. The fourth-order valence-corrected chi connectivity index (χ4v) is 6.48. The van der Waals surface area contributed by atoms with E-state index in [0.717, 1.165) is 92.6 Å². The number of hydrogen-bond acceptors (Lipinski definition) is 4. The van der Waals surface area contributed by atoms with Crippen LogP contribution in [0.2, 0.25) is 0 Å². The maximum absolute atomic E-state index is 12.9. The molecule has 0 radical (unpaired) electrons. The van der Waals surface area contributed by atoms with Crippen molar-refractivity contribution in [1.82, 2.24) is 10.2 Å². The van der Waals surface area contributed by atoms with E-state index < -0.39 is 0 Å². The highest BCUT2D eigenvalue weighted by atomic mass is 16.3. The van der Waals surface area contributed by atoms with E-state index in [9.17, 15) is 15.2 Å². The molecule has 5 nitrogen and oxygen atoms in total. The number of hydrogen-bond donors (Lipinski definition) is 2. The van der Waals surface area contributed by atoms with Gasteiger partial charge >= 0.3 is 0 Å². The molecule has 2 N–H and O–H groups in total. The van der Waals surface area contributed by atoms with Crippen molar-refractivity contribution in [3.63, 3.8) is 0 Å². The van der Waals surface area contributed by atoms with Crippen molar-refractivity contribution in [3.8, 4) is 6.07 Å². The van der Waals surface area contributed by atoms with Gasteiger partial charge in [-0.1, -0.05) is 18.7 Å². The molecule has 1 unspecified atom stereocenters. The van der Waals surface area contributed by atoms with Crippen LogP contribution in [-0.2, 0) is 10.2 Å². The monoisotopic (exact) mass is 429 g/mol. The molecule has 0 aromatic heterocycles. The summed E-state index contributed by atoms with van der Waals surface area (Å²) in [4.78, 5) is 15.2. The molecule has 1 fully saturated rings. The molecule has 1 aromatic carbocycles. The maximum atomic E-state index is 12.9. The molecule has 5 rings (SSSR count). The van der Waals surface area contributed by atoms with Crippen molar-refractivity contribution in [1.29, 1.82) is 5.26 Å². The van der Waals surface area contributed by atoms with E-state index in [0.29, 0.717) is 5.92 Å². The molecule has 166 valence electrons. The number of likely N-dealkylation sites (tertiary alicyclic amines) is 1.